The molecule has 0 heterocycles. The average Bonchev–Trinajstić information content (AvgIpc) is 2.01. The highest BCUT2D eigenvalue weighted by molar-refractivity contribution is 9.28. The van der Waals surface area contributed by atoms with Gasteiger partial charge in [0.25, 0.3) is 0 Å². The van der Waals surface area contributed by atoms with Crippen LogP contribution in [0, 0.1) is 6.92 Å². The largest absolute Gasteiger partial charge is 0.463 e. The van der Waals surface area contributed by atoms with Gasteiger partial charge in [-0.2, -0.15) is 0 Å². The lowest BCUT2D eigenvalue weighted by molar-refractivity contribution is 0.482. The second-order valence-electron chi connectivity index (χ2n) is 2.34. The van der Waals surface area contributed by atoms with E-state index in [0.29, 0.717) is 0 Å². The van der Waals surface area contributed by atoms with Crippen molar-refractivity contribution in [3.63, 3.8) is 0 Å². The number of hydrogen-bond donors (Lipinski definition) is 0. The first-order valence-electron chi connectivity index (χ1n) is 3.43. The summed E-state index contributed by atoms with van der Waals surface area (Å²) in [6.45, 7) is 2.03. The molecule has 1 aromatic carbocycles. The van der Waals surface area contributed by atoms with E-state index >= 15 is 0 Å². The zero-order valence-electron chi connectivity index (χ0n) is 6.55. The minimum Gasteiger partial charge on any atom is -0.463 e. The molecule has 0 aliphatic heterocycles. The zero-order valence-corrected chi connectivity index (χ0v) is 9.72. The Labute approximate surface area is 88.7 Å². The van der Waals surface area contributed by atoms with E-state index in [1.807, 2.05) is 31.2 Å². The first kappa shape index (κ1) is 9.81. The molecule has 64 valence electrons. The summed E-state index contributed by atoms with van der Waals surface area (Å²) in [6.07, 6.45) is 1.59. The Morgan fingerprint density at radius 1 is 1.42 bits per heavy atom. The van der Waals surface area contributed by atoms with Crippen LogP contribution < -0.4 is 4.74 Å². The van der Waals surface area contributed by atoms with E-state index in [1.165, 1.54) is 5.56 Å². The Bertz CT molecular complexity index is 290. The van der Waals surface area contributed by atoms with Crippen LogP contribution in [0.2, 0.25) is 0 Å². The summed E-state index contributed by atoms with van der Waals surface area (Å²) in [6, 6.07) is 7.87. The van der Waals surface area contributed by atoms with Crippen molar-refractivity contribution in [2.75, 3.05) is 0 Å². The zero-order chi connectivity index (χ0) is 8.97. The Hall–Kier alpha value is -0.280. The summed E-state index contributed by atoms with van der Waals surface area (Å²) in [5, 5.41) is 0. The third kappa shape index (κ3) is 3.41. The van der Waals surface area contributed by atoms with Crippen molar-refractivity contribution in [2.45, 2.75) is 6.92 Å². The fourth-order valence-corrected chi connectivity index (χ4v) is 0.988. The van der Waals surface area contributed by atoms with Crippen molar-refractivity contribution in [1.82, 2.24) is 0 Å². The minimum atomic E-state index is 0.788. The number of benzene rings is 1. The van der Waals surface area contributed by atoms with Gasteiger partial charge >= 0.3 is 0 Å². The molecule has 0 N–H and O–H groups in total. The van der Waals surface area contributed by atoms with Crippen LogP contribution in [0.1, 0.15) is 5.56 Å². The van der Waals surface area contributed by atoms with E-state index in [1.54, 1.807) is 6.26 Å². The van der Waals surface area contributed by atoms with Crippen LogP contribution in [-0.2, 0) is 0 Å². The molecule has 0 aromatic heterocycles. The monoisotopic (exact) mass is 290 g/mol. The van der Waals surface area contributed by atoms with Gasteiger partial charge in [0.1, 0.15) is 12.0 Å². The maximum absolute atomic E-state index is 5.29. The van der Waals surface area contributed by atoms with Gasteiger partial charge in [0, 0.05) is 0 Å². The lowest BCUT2D eigenvalue weighted by Crippen LogP contribution is -1.81. The maximum Gasteiger partial charge on any atom is 0.126 e. The molecule has 0 spiro atoms. The highest BCUT2D eigenvalue weighted by Gasteiger charge is 1.90. The first-order valence-corrected chi connectivity index (χ1v) is 5.01. The lowest BCUT2D eigenvalue weighted by atomic mass is 10.2. The van der Waals surface area contributed by atoms with Gasteiger partial charge in [0.05, 0.1) is 3.39 Å². The number of ether oxygens (including phenoxy) is 1. The van der Waals surface area contributed by atoms with Gasteiger partial charge in [-0.05, 0) is 56.5 Å². The van der Waals surface area contributed by atoms with Gasteiger partial charge in [-0.15, -0.1) is 0 Å². The normalized spacial score (nSPS) is 9.25. The third-order valence-corrected chi connectivity index (χ3v) is 1.65. The Balaban J connectivity index is 2.70. The van der Waals surface area contributed by atoms with Crippen LogP contribution in [0.3, 0.4) is 0 Å². The SMILES string of the molecule is Cc1cccc(OC=C(Br)Br)c1. The molecule has 0 radical (unpaired) electrons. The summed E-state index contributed by atoms with van der Waals surface area (Å²) in [5.74, 6) is 0.839. The molecule has 0 aliphatic carbocycles. The second kappa shape index (κ2) is 4.67. The van der Waals surface area contributed by atoms with E-state index in [2.05, 4.69) is 31.9 Å². The van der Waals surface area contributed by atoms with Gasteiger partial charge in [0.2, 0.25) is 0 Å². The first-order chi connectivity index (χ1) is 5.68. The third-order valence-electron chi connectivity index (χ3n) is 1.27. The summed E-state index contributed by atoms with van der Waals surface area (Å²) < 4.78 is 6.08. The van der Waals surface area contributed by atoms with Crippen molar-refractivity contribution < 1.29 is 4.74 Å². The molecule has 12 heavy (non-hydrogen) atoms. The summed E-state index contributed by atoms with van der Waals surface area (Å²) >= 11 is 6.41. The van der Waals surface area contributed by atoms with Crippen molar-refractivity contribution in [3.8, 4) is 5.75 Å². The topological polar surface area (TPSA) is 9.23 Å². The van der Waals surface area contributed by atoms with Crippen LogP contribution in [0.5, 0.6) is 5.75 Å². The fourth-order valence-electron chi connectivity index (χ4n) is 0.801. The molecule has 0 saturated heterocycles. The molecule has 0 atom stereocenters. The molecule has 0 fully saturated rings. The van der Waals surface area contributed by atoms with Crippen molar-refractivity contribution in [3.05, 3.63) is 39.5 Å². The molecule has 1 aromatic rings. The van der Waals surface area contributed by atoms with Gasteiger partial charge < -0.3 is 4.74 Å². The van der Waals surface area contributed by atoms with Gasteiger partial charge in [0.15, 0.2) is 0 Å². The van der Waals surface area contributed by atoms with Gasteiger partial charge in [-0.1, -0.05) is 12.1 Å². The Morgan fingerprint density at radius 3 is 2.75 bits per heavy atom. The lowest BCUT2D eigenvalue weighted by Gasteiger charge is -2.00. The molecule has 0 unspecified atom stereocenters. The molecule has 1 rings (SSSR count). The summed E-state index contributed by atoms with van der Waals surface area (Å²) in [5.41, 5.74) is 1.19. The quantitative estimate of drug-likeness (QED) is 0.750. The van der Waals surface area contributed by atoms with Crippen molar-refractivity contribution in [1.29, 1.82) is 0 Å². The smallest absolute Gasteiger partial charge is 0.126 e. The second-order valence-corrected chi connectivity index (χ2v) is 5.11. The van der Waals surface area contributed by atoms with E-state index in [-0.39, 0.29) is 0 Å². The number of halogens is 2. The highest BCUT2D eigenvalue weighted by Crippen LogP contribution is 2.17. The average molecular weight is 292 g/mol. The van der Waals surface area contributed by atoms with Gasteiger partial charge in [-0.25, -0.2) is 0 Å². The molecule has 0 aliphatic rings. The molecule has 1 nitrogen and oxygen atoms in total. The van der Waals surface area contributed by atoms with Crippen LogP contribution in [0.4, 0.5) is 0 Å². The van der Waals surface area contributed by atoms with Crippen LogP contribution >= 0.6 is 31.9 Å². The summed E-state index contributed by atoms with van der Waals surface area (Å²) in [7, 11) is 0. The molecule has 0 amide bonds. The Kier molecular flexibility index (Phi) is 3.82. The van der Waals surface area contributed by atoms with Crippen molar-refractivity contribution in [2.24, 2.45) is 0 Å². The van der Waals surface area contributed by atoms with Crippen LogP contribution in [-0.4, -0.2) is 0 Å². The number of aryl methyl sites for hydroxylation is 1. The molecular weight excluding hydrogens is 284 g/mol. The van der Waals surface area contributed by atoms with Crippen molar-refractivity contribution >= 4 is 31.9 Å². The van der Waals surface area contributed by atoms with E-state index in [4.69, 9.17) is 4.74 Å². The predicted octanol–water partition coefficient (Wildman–Crippen LogP) is 3.96. The van der Waals surface area contributed by atoms with E-state index < -0.39 is 0 Å². The number of hydrogen-bond acceptors (Lipinski definition) is 1. The Morgan fingerprint density at radius 2 is 2.17 bits per heavy atom. The number of rotatable bonds is 2. The maximum atomic E-state index is 5.29. The van der Waals surface area contributed by atoms with Gasteiger partial charge in [-0.3, -0.25) is 0 Å². The minimum absolute atomic E-state index is 0.788. The molecule has 0 saturated carbocycles. The van der Waals surface area contributed by atoms with E-state index in [9.17, 15) is 0 Å². The molecular formula is C9H8Br2O. The summed E-state index contributed by atoms with van der Waals surface area (Å²) in [4.78, 5) is 0. The van der Waals surface area contributed by atoms with Crippen LogP contribution in [0.15, 0.2) is 33.9 Å². The fraction of sp³-hybridized carbons (Fsp3) is 0.111. The highest BCUT2D eigenvalue weighted by atomic mass is 79.9. The molecule has 0 bridgehead atoms. The van der Waals surface area contributed by atoms with Crippen LogP contribution in [0.25, 0.3) is 0 Å². The van der Waals surface area contributed by atoms with E-state index in [0.717, 1.165) is 9.14 Å². The molecule has 3 heteroatoms. The predicted molar refractivity (Wildman–Crippen MR) is 57.7 cm³/mol. The standard InChI is InChI=1S/C9H8Br2O/c1-7-3-2-4-8(5-7)12-6-9(10)11/h2-6H,1H3.